The van der Waals surface area contributed by atoms with Crippen LogP contribution >= 0.6 is 11.5 Å². The number of piperidine rings is 1. The molecule has 1 aromatic heterocycles. The van der Waals surface area contributed by atoms with Crippen molar-refractivity contribution in [2.75, 3.05) is 36.8 Å². The molecule has 1 unspecified atom stereocenters. The van der Waals surface area contributed by atoms with Crippen LogP contribution in [-0.4, -0.2) is 47.6 Å². The first-order chi connectivity index (χ1) is 9.65. The van der Waals surface area contributed by atoms with Crippen molar-refractivity contribution in [1.82, 2.24) is 9.27 Å². The monoisotopic (exact) mass is 296 g/mol. The molecule has 2 aliphatic rings. The van der Waals surface area contributed by atoms with Crippen LogP contribution in [0.5, 0.6) is 5.75 Å². The van der Waals surface area contributed by atoms with Gasteiger partial charge in [0.25, 0.3) is 0 Å². The first-order valence-electron chi connectivity index (χ1n) is 7.56. The van der Waals surface area contributed by atoms with E-state index in [2.05, 4.69) is 14.2 Å². The van der Waals surface area contributed by atoms with E-state index in [0.29, 0.717) is 11.9 Å². The van der Waals surface area contributed by atoms with Crippen LogP contribution in [0.15, 0.2) is 0 Å². The van der Waals surface area contributed by atoms with Crippen molar-refractivity contribution in [2.24, 2.45) is 0 Å². The molecule has 1 aromatic rings. The third-order valence-electron chi connectivity index (χ3n) is 4.14. The highest BCUT2D eigenvalue weighted by Gasteiger charge is 2.31. The number of ether oxygens (including phenoxy) is 1. The Morgan fingerprint density at radius 2 is 2.15 bits per heavy atom. The zero-order valence-corrected chi connectivity index (χ0v) is 13.2. The van der Waals surface area contributed by atoms with Crippen LogP contribution in [0.4, 0.5) is 10.8 Å². The van der Waals surface area contributed by atoms with Gasteiger partial charge in [0, 0.05) is 25.7 Å². The van der Waals surface area contributed by atoms with Crippen molar-refractivity contribution in [3.63, 3.8) is 0 Å². The Bertz CT molecular complexity index is 462. The fraction of sp³-hybridized carbons (Fsp3) is 0.786. The molecule has 6 heteroatoms. The molecule has 0 bridgehead atoms. The number of rotatable bonds is 3. The summed E-state index contributed by atoms with van der Waals surface area (Å²) in [6, 6.07) is 0.688. The van der Waals surface area contributed by atoms with E-state index in [9.17, 15) is 0 Å². The minimum atomic E-state index is 0.128. The first-order valence-corrected chi connectivity index (χ1v) is 8.33. The molecule has 0 radical (unpaired) electrons. The predicted octanol–water partition coefficient (Wildman–Crippen LogP) is 2.19. The van der Waals surface area contributed by atoms with Crippen molar-refractivity contribution in [2.45, 2.75) is 45.3 Å². The normalized spacial score (nSPS) is 23.9. The minimum absolute atomic E-state index is 0.128. The highest BCUT2D eigenvalue weighted by atomic mass is 32.1. The fourth-order valence-electron chi connectivity index (χ4n) is 3.17. The summed E-state index contributed by atoms with van der Waals surface area (Å²) in [6.45, 7) is 8.59. The second kappa shape index (κ2) is 5.77. The fourth-order valence-corrected chi connectivity index (χ4v) is 3.96. The smallest absolute Gasteiger partial charge is 0.198 e. The number of nitrogens with two attached hydrogens (primary N) is 1. The Morgan fingerprint density at radius 3 is 2.95 bits per heavy atom. The van der Waals surface area contributed by atoms with Crippen LogP contribution < -0.4 is 15.4 Å². The van der Waals surface area contributed by atoms with Gasteiger partial charge in [0.2, 0.25) is 0 Å². The summed E-state index contributed by atoms with van der Waals surface area (Å²) in [5.74, 6) is 1.32. The lowest BCUT2D eigenvalue weighted by atomic mass is 10.00. The maximum absolute atomic E-state index is 5.97. The van der Waals surface area contributed by atoms with Gasteiger partial charge >= 0.3 is 0 Å². The van der Waals surface area contributed by atoms with Crippen molar-refractivity contribution in [3.8, 4) is 5.75 Å². The maximum atomic E-state index is 5.97. The molecule has 0 spiro atoms. The maximum Gasteiger partial charge on any atom is 0.198 e. The number of hydrogen-bond donors (Lipinski definition) is 1. The van der Waals surface area contributed by atoms with E-state index in [-0.39, 0.29) is 6.10 Å². The Labute approximate surface area is 124 Å². The average Bonchev–Trinajstić information content (AvgIpc) is 2.79. The van der Waals surface area contributed by atoms with Crippen molar-refractivity contribution < 1.29 is 4.74 Å². The lowest BCUT2D eigenvalue weighted by Crippen LogP contribution is -2.54. The van der Waals surface area contributed by atoms with Gasteiger partial charge in [-0.2, -0.15) is 4.37 Å². The number of piperazine rings is 1. The van der Waals surface area contributed by atoms with Crippen LogP contribution in [0, 0.1) is 0 Å². The standard InChI is InChI=1S/C14H24N4OS/c1-10(2)19-12-13(15)16-20-14(12)18-8-7-17-6-4-3-5-11(17)9-18/h10-11H,3-9H2,1-2H3,(H2,15,16). The summed E-state index contributed by atoms with van der Waals surface area (Å²) in [7, 11) is 0. The summed E-state index contributed by atoms with van der Waals surface area (Å²) in [4.78, 5) is 5.05. The van der Waals surface area contributed by atoms with Crippen LogP contribution in [-0.2, 0) is 0 Å². The SMILES string of the molecule is CC(C)Oc1c(N)nsc1N1CCN2CCCCC2C1. The lowest BCUT2D eigenvalue weighted by molar-refractivity contribution is 0.133. The summed E-state index contributed by atoms with van der Waals surface area (Å²) < 4.78 is 10.2. The molecular formula is C14H24N4OS. The molecule has 1 atom stereocenters. The molecule has 0 aromatic carbocycles. The second-order valence-corrected chi connectivity index (χ2v) is 6.75. The van der Waals surface area contributed by atoms with Gasteiger partial charge in [-0.25, -0.2) is 0 Å². The number of anilines is 2. The molecule has 0 amide bonds. The molecule has 3 rings (SSSR count). The first kappa shape index (κ1) is 13.9. The Kier molecular flexibility index (Phi) is 4.03. The van der Waals surface area contributed by atoms with Crippen LogP contribution in [0.1, 0.15) is 33.1 Å². The van der Waals surface area contributed by atoms with Gasteiger partial charge in [-0.15, -0.1) is 0 Å². The Morgan fingerprint density at radius 1 is 1.30 bits per heavy atom. The third-order valence-corrected chi connectivity index (χ3v) is 5.04. The number of fused-ring (bicyclic) bond motifs is 1. The van der Waals surface area contributed by atoms with E-state index in [4.69, 9.17) is 10.5 Å². The van der Waals surface area contributed by atoms with Crippen molar-refractivity contribution in [3.05, 3.63) is 0 Å². The van der Waals surface area contributed by atoms with Gasteiger partial charge in [-0.1, -0.05) is 6.42 Å². The van der Waals surface area contributed by atoms with E-state index in [1.807, 2.05) is 13.8 Å². The lowest BCUT2D eigenvalue weighted by Gasteiger charge is -2.44. The zero-order valence-electron chi connectivity index (χ0n) is 12.3. The molecule has 112 valence electrons. The van der Waals surface area contributed by atoms with Crippen molar-refractivity contribution in [1.29, 1.82) is 0 Å². The minimum Gasteiger partial charge on any atom is -0.484 e. The number of nitrogen functional groups attached to an aromatic ring is 1. The van der Waals surface area contributed by atoms with Crippen LogP contribution in [0.3, 0.4) is 0 Å². The summed E-state index contributed by atoms with van der Waals surface area (Å²) in [5.41, 5.74) is 5.97. The van der Waals surface area contributed by atoms with E-state index in [1.54, 1.807) is 0 Å². The van der Waals surface area contributed by atoms with Gasteiger partial charge in [0.15, 0.2) is 16.6 Å². The molecular weight excluding hydrogens is 272 g/mol. The topological polar surface area (TPSA) is 54.6 Å². The molecule has 0 saturated carbocycles. The molecule has 3 heterocycles. The van der Waals surface area contributed by atoms with E-state index >= 15 is 0 Å². The highest BCUT2D eigenvalue weighted by molar-refractivity contribution is 7.11. The number of aromatic nitrogens is 1. The highest BCUT2D eigenvalue weighted by Crippen LogP contribution is 2.40. The third kappa shape index (κ3) is 2.72. The second-order valence-electron chi connectivity index (χ2n) is 6.00. The summed E-state index contributed by atoms with van der Waals surface area (Å²) >= 11 is 1.47. The molecule has 2 N–H and O–H groups in total. The van der Waals surface area contributed by atoms with Gasteiger partial charge in [-0.3, -0.25) is 4.90 Å². The summed E-state index contributed by atoms with van der Waals surface area (Å²) in [5, 5.41) is 1.11. The molecule has 0 aliphatic carbocycles. The van der Waals surface area contributed by atoms with Gasteiger partial charge in [0.05, 0.1) is 6.10 Å². The Hall–Kier alpha value is -1.01. The average molecular weight is 296 g/mol. The Balaban J connectivity index is 1.76. The molecule has 20 heavy (non-hydrogen) atoms. The van der Waals surface area contributed by atoms with Crippen LogP contribution in [0.2, 0.25) is 0 Å². The molecule has 2 fully saturated rings. The van der Waals surface area contributed by atoms with Gasteiger partial charge in [-0.05, 0) is 44.8 Å². The molecule has 2 aliphatic heterocycles. The van der Waals surface area contributed by atoms with Gasteiger partial charge in [0.1, 0.15) is 0 Å². The zero-order chi connectivity index (χ0) is 14.1. The predicted molar refractivity (Wildman–Crippen MR) is 83.7 cm³/mol. The van der Waals surface area contributed by atoms with E-state index in [0.717, 1.165) is 30.4 Å². The van der Waals surface area contributed by atoms with E-state index in [1.165, 1.54) is 37.3 Å². The number of hydrogen-bond acceptors (Lipinski definition) is 6. The quantitative estimate of drug-likeness (QED) is 0.926. The number of nitrogens with zero attached hydrogens (tertiary/aromatic N) is 3. The summed E-state index contributed by atoms with van der Waals surface area (Å²) in [6.07, 6.45) is 4.15. The largest absolute Gasteiger partial charge is 0.484 e. The van der Waals surface area contributed by atoms with E-state index < -0.39 is 0 Å². The van der Waals surface area contributed by atoms with Crippen LogP contribution in [0.25, 0.3) is 0 Å². The molecule has 2 saturated heterocycles. The van der Waals surface area contributed by atoms with Gasteiger partial charge < -0.3 is 15.4 Å². The molecule has 5 nitrogen and oxygen atoms in total. The van der Waals surface area contributed by atoms with Crippen molar-refractivity contribution >= 4 is 22.4 Å².